The maximum atomic E-state index is 12.8. The maximum absolute atomic E-state index is 12.8. The van der Waals surface area contributed by atoms with Gasteiger partial charge in [0.05, 0.1) is 18.7 Å². The quantitative estimate of drug-likeness (QED) is 0.445. The van der Waals surface area contributed by atoms with E-state index in [0.29, 0.717) is 23.9 Å². The Balaban J connectivity index is 1.31. The number of benzene rings is 2. The molecule has 1 aliphatic rings. The SMILES string of the molecule is CCOc1ccc(-c2nc(CC(=O)Nc3ccc(C(=O)N(C)C4CCCCC4)cc3)cs2)cc1. The van der Waals surface area contributed by atoms with E-state index in [-0.39, 0.29) is 18.2 Å². The molecule has 2 aromatic carbocycles. The first-order chi connectivity index (χ1) is 16.5. The Morgan fingerprint density at radius 1 is 1.06 bits per heavy atom. The van der Waals surface area contributed by atoms with Crippen LogP contribution in [0.3, 0.4) is 0 Å². The van der Waals surface area contributed by atoms with Gasteiger partial charge in [-0.25, -0.2) is 4.98 Å². The lowest BCUT2D eigenvalue weighted by Gasteiger charge is -2.31. The summed E-state index contributed by atoms with van der Waals surface area (Å²) in [6, 6.07) is 15.3. The Bertz CT molecular complexity index is 1100. The Kier molecular flexibility index (Phi) is 7.95. The zero-order chi connectivity index (χ0) is 23.9. The molecule has 0 spiro atoms. The van der Waals surface area contributed by atoms with Gasteiger partial charge in [0.15, 0.2) is 0 Å². The first-order valence-electron chi connectivity index (χ1n) is 11.9. The molecule has 0 atom stereocenters. The average molecular weight is 478 g/mol. The third-order valence-corrected chi connectivity index (χ3v) is 7.10. The lowest BCUT2D eigenvalue weighted by molar-refractivity contribution is -0.115. The molecule has 0 aliphatic heterocycles. The second-order valence-corrected chi connectivity index (χ2v) is 9.47. The average Bonchev–Trinajstić information content (AvgIpc) is 3.33. The smallest absolute Gasteiger partial charge is 0.253 e. The van der Waals surface area contributed by atoms with Crippen molar-refractivity contribution in [2.45, 2.75) is 51.5 Å². The molecular formula is C27H31N3O3S. The first-order valence-corrected chi connectivity index (χ1v) is 12.8. The van der Waals surface area contributed by atoms with Crippen LogP contribution in [0.4, 0.5) is 5.69 Å². The maximum Gasteiger partial charge on any atom is 0.253 e. The summed E-state index contributed by atoms with van der Waals surface area (Å²) in [7, 11) is 1.89. The Hall–Kier alpha value is -3.19. The van der Waals surface area contributed by atoms with Gasteiger partial charge in [-0.1, -0.05) is 19.3 Å². The molecule has 0 saturated heterocycles. The van der Waals surface area contributed by atoms with Crippen molar-refractivity contribution in [1.82, 2.24) is 9.88 Å². The Morgan fingerprint density at radius 3 is 2.44 bits per heavy atom. The number of nitrogens with zero attached hydrogens (tertiary/aromatic N) is 2. The fourth-order valence-electron chi connectivity index (χ4n) is 4.28. The van der Waals surface area contributed by atoms with Crippen LogP contribution in [0, 0.1) is 0 Å². The lowest BCUT2D eigenvalue weighted by atomic mass is 9.94. The van der Waals surface area contributed by atoms with E-state index in [1.165, 1.54) is 30.6 Å². The summed E-state index contributed by atoms with van der Waals surface area (Å²) in [5.41, 5.74) is 3.04. The van der Waals surface area contributed by atoms with Gasteiger partial charge in [0.1, 0.15) is 10.8 Å². The molecule has 34 heavy (non-hydrogen) atoms. The van der Waals surface area contributed by atoms with Crippen LogP contribution >= 0.6 is 11.3 Å². The van der Waals surface area contributed by atoms with Crippen molar-refractivity contribution in [2.75, 3.05) is 19.0 Å². The van der Waals surface area contributed by atoms with Crippen molar-refractivity contribution in [3.63, 3.8) is 0 Å². The molecule has 1 aliphatic carbocycles. The van der Waals surface area contributed by atoms with Crippen molar-refractivity contribution in [3.8, 4) is 16.3 Å². The Labute approximate surface area is 205 Å². The molecule has 1 aromatic heterocycles. The van der Waals surface area contributed by atoms with Crippen LogP contribution in [0.15, 0.2) is 53.9 Å². The van der Waals surface area contributed by atoms with Gasteiger partial charge in [-0.05, 0) is 68.3 Å². The molecule has 0 radical (unpaired) electrons. The zero-order valence-electron chi connectivity index (χ0n) is 19.8. The summed E-state index contributed by atoms with van der Waals surface area (Å²) in [6.07, 6.45) is 5.98. The predicted molar refractivity (Wildman–Crippen MR) is 136 cm³/mol. The van der Waals surface area contributed by atoms with Gasteiger partial charge >= 0.3 is 0 Å². The van der Waals surface area contributed by atoms with Gasteiger partial charge in [0.25, 0.3) is 5.91 Å². The number of hydrogen-bond acceptors (Lipinski definition) is 5. The molecule has 1 N–H and O–H groups in total. The van der Waals surface area contributed by atoms with E-state index in [0.717, 1.165) is 34.9 Å². The van der Waals surface area contributed by atoms with Gasteiger partial charge in [0.2, 0.25) is 5.91 Å². The number of amides is 2. The summed E-state index contributed by atoms with van der Waals surface area (Å²) >= 11 is 1.52. The van der Waals surface area contributed by atoms with Crippen LogP contribution in [-0.4, -0.2) is 41.4 Å². The van der Waals surface area contributed by atoms with E-state index in [1.807, 2.05) is 48.5 Å². The lowest BCUT2D eigenvalue weighted by Crippen LogP contribution is -2.38. The fraction of sp³-hybridized carbons (Fsp3) is 0.370. The van der Waals surface area contributed by atoms with Gasteiger partial charge < -0.3 is 15.0 Å². The van der Waals surface area contributed by atoms with Crippen LogP contribution in [0.25, 0.3) is 10.6 Å². The molecule has 1 fully saturated rings. The monoisotopic (exact) mass is 477 g/mol. The van der Waals surface area contributed by atoms with Crippen LogP contribution in [0.2, 0.25) is 0 Å². The molecule has 1 heterocycles. The highest BCUT2D eigenvalue weighted by Crippen LogP contribution is 2.26. The van der Waals surface area contributed by atoms with Gasteiger partial charge in [-0.15, -0.1) is 11.3 Å². The van der Waals surface area contributed by atoms with Crippen molar-refractivity contribution < 1.29 is 14.3 Å². The molecular weight excluding hydrogens is 446 g/mol. The van der Waals surface area contributed by atoms with E-state index in [2.05, 4.69) is 10.3 Å². The molecule has 4 rings (SSSR count). The molecule has 0 unspecified atom stereocenters. The highest BCUT2D eigenvalue weighted by molar-refractivity contribution is 7.13. The third kappa shape index (κ3) is 6.03. The highest BCUT2D eigenvalue weighted by Gasteiger charge is 2.23. The number of ether oxygens (including phenoxy) is 1. The van der Waals surface area contributed by atoms with Gasteiger partial charge in [0, 0.05) is 35.3 Å². The van der Waals surface area contributed by atoms with E-state index < -0.39 is 0 Å². The van der Waals surface area contributed by atoms with Gasteiger partial charge in [-0.3, -0.25) is 9.59 Å². The molecule has 178 valence electrons. The largest absolute Gasteiger partial charge is 0.494 e. The topological polar surface area (TPSA) is 71.5 Å². The van der Waals surface area contributed by atoms with Gasteiger partial charge in [-0.2, -0.15) is 0 Å². The number of hydrogen-bond donors (Lipinski definition) is 1. The number of nitrogens with one attached hydrogen (secondary N) is 1. The predicted octanol–water partition coefficient (Wildman–Crippen LogP) is 5.79. The number of aromatic nitrogens is 1. The van der Waals surface area contributed by atoms with Crippen molar-refractivity contribution in [3.05, 3.63) is 65.2 Å². The third-order valence-electron chi connectivity index (χ3n) is 6.16. The van der Waals surface area contributed by atoms with E-state index in [4.69, 9.17) is 4.74 Å². The minimum Gasteiger partial charge on any atom is -0.494 e. The normalized spacial score (nSPS) is 13.9. The Morgan fingerprint density at radius 2 is 1.76 bits per heavy atom. The van der Waals surface area contributed by atoms with E-state index >= 15 is 0 Å². The van der Waals surface area contributed by atoms with E-state index in [9.17, 15) is 9.59 Å². The second-order valence-electron chi connectivity index (χ2n) is 8.61. The molecule has 0 bridgehead atoms. The summed E-state index contributed by atoms with van der Waals surface area (Å²) in [4.78, 5) is 31.8. The van der Waals surface area contributed by atoms with E-state index in [1.54, 1.807) is 24.3 Å². The van der Waals surface area contributed by atoms with Crippen LogP contribution in [0.5, 0.6) is 5.75 Å². The summed E-state index contributed by atoms with van der Waals surface area (Å²) in [5.74, 6) is 0.728. The fourth-order valence-corrected chi connectivity index (χ4v) is 5.11. The standard InChI is InChI=1S/C27H31N3O3S/c1-3-33-24-15-11-19(12-16-24)26-29-22(18-34-26)17-25(31)28-21-13-9-20(10-14-21)27(32)30(2)23-7-5-4-6-8-23/h9-16,18,23H,3-8,17H2,1-2H3,(H,28,31). The number of anilines is 1. The van der Waals surface area contributed by atoms with Crippen LogP contribution < -0.4 is 10.1 Å². The number of carbonyl (C=O) groups is 2. The zero-order valence-corrected chi connectivity index (χ0v) is 20.6. The highest BCUT2D eigenvalue weighted by atomic mass is 32.1. The summed E-state index contributed by atoms with van der Waals surface area (Å²) in [6.45, 7) is 2.59. The molecule has 1 saturated carbocycles. The van der Waals surface area contributed by atoms with Crippen molar-refractivity contribution >= 4 is 28.8 Å². The van der Waals surface area contributed by atoms with Crippen LogP contribution in [-0.2, 0) is 11.2 Å². The summed E-state index contributed by atoms with van der Waals surface area (Å²) in [5, 5.41) is 5.69. The second kappa shape index (κ2) is 11.3. The molecule has 2 amide bonds. The number of rotatable bonds is 8. The van der Waals surface area contributed by atoms with Crippen LogP contribution in [0.1, 0.15) is 55.1 Å². The molecule has 3 aromatic rings. The molecule has 7 heteroatoms. The number of thiazole rings is 1. The minimum atomic E-state index is -0.137. The first kappa shape index (κ1) is 24.0. The summed E-state index contributed by atoms with van der Waals surface area (Å²) < 4.78 is 5.48. The molecule has 6 nitrogen and oxygen atoms in total. The van der Waals surface area contributed by atoms with Crippen molar-refractivity contribution in [1.29, 1.82) is 0 Å². The van der Waals surface area contributed by atoms with Crippen molar-refractivity contribution in [2.24, 2.45) is 0 Å². The number of carbonyl (C=O) groups excluding carboxylic acids is 2. The minimum absolute atomic E-state index is 0.0362.